The van der Waals surface area contributed by atoms with Crippen LogP contribution in [-0.2, 0) is 16.1 Å². The first-order chi connectivity index (χ1) is 17.2. The van der Waals surface area contributed by atoms with Gasteiger partial charge in [0.05, 0.1) is 23.9 Å². The van der Waals surface area contributed by atoms with Gasteiger partial charge in [-0.15, -0.1) is 0 Å². The summed E-state index contributed by atoms with van der Waals surface area (Å²) < 4.78 is 5.24. The number of fused-ring (bicyclic) bond motifs is 5. The van der Waals surface area contributed by atoms with Crippen LogP contribution < -0.4 is 0 Å². The zero-order valence-corrected chi connectivity index (χ0v) is 21.1. The number of carbonyl (C=O) groups excluding carboxylic acids is 1. The molecular formula is C29H38N2O5. The molecule has 1 aromatic heterocycles. The molecule has 194 valence electrons. The number of esters is 1. The molecule has 0 spiro atoms. The van der Waals surface area contributed by atoms with Gasteiger partial charge in [-0.1, -0.05) is 13.0 Å². The molecular weight excluding hydrogens is 456 g/mol. The number of ether oxygens (including phenoxy) is 1. The number of hydrogen-bond donors (Lipinski definition) is 3. The van der Waals surface area contributed by atoms with Gasteiger partial charge in [0.2, 0.25) is 0 Å². The van der Waals surface area contributed by atoms with E-state index in [1.807, 2.05) is 24.5 Å². The van der Waals surface area contributed by atoms with E-state index in [2.05, 4.69) is 11.9 Å². The summed E-state index contributed by atoms with van der Waals surface area (Å²) in [7, 11) is 0. The first-order valence-electron chi connectivity index (χ1n) is 13.6. The molecule has 0 aromatic carbocycles. The van der Waals surface area contributed by atoms with Crippen LogP contribution in [0.5, 0.6) is 0 Å². The second-order valence-electron chi connectivity index (χ2n) is 12.3. The topological polar surface area (TPSA) is 112 Å². The second-order valence-corrected chi connectivity index (χ2v) is 12.3. The van der Waals surface area contributed by atoms with Crippen molar-refractivity contribution in [1.29, 1.82) is 0 Å². The Bertz CT molecular complexity index is 1090. The van der Waals surface area contributed by atoms with Gasteiger partial charge in [-0.2, -0.15) is 0 Å². The molecule has 3 N–H and O–H groups in total. The highest BCUT2D eigenvalue weighted by Gasteiger charge is 2.71. The van der Waals surface area contributed by atoms with Crippen LogP contribution in [0.15, 0.2) is 41.2 Å². The maximum absolute atomic E-state index is 12.5. The zero-order chi connectivity index (χ0) is 25.2. The van der Waals surface area contributed by atoms with Gasteiger partial charge in [0.15, 0.2) is 0 Å². The molecule has 0 radical (unpaired) electrons. The van der Waals surface area contributed by atoms with E-state index in [9.17, 15) is 20.1 Å². The van der Waals surface area contributed by atoms with Crippen molar-refractivity contribution in [2.24, 2.45) is 33.6 Å². The van der Waals surface area contributed by atoms with E-state index in [1.54, 1.807) is 12.3 Å². The number of pyridine rings is 1. The first-order valence-corrected chi connectivity index (χ1v) is 13.6. The number of nitrogens with zero attached hydrogens (tertiary/aromatic N) is 2. The molecule has 4 saturated carbocycles. The molecule has 1 aliphatic heterocycles. The quantitative estimate of drug-likeness (QED) is 0.437. The highest BCUT2D eigenvalue weighted by molar-refractivity contribution is 5.85. The lowest BCUT2D eigenvalue weighted by atomic mass is 9.41. The van der Waals surface area contributed by atoms with Crippen LogP contribution in [-0.4, -0.2) is 56.4 Å². The Balaban J connectivity index is 1.35. The van der Waals surface area contributed by atoms with Crippen molar-refractivity contribution in [1.82, 2.24) is 4.98 Å². The summed E-state index contributed by atoms with van der Waals surface area (Å²) in [5.74, 6) is -0.00187. The fraction of sp³-hybridized carbons (Fsp3) is 0.690. The molecule has 0 bridgehead atoms. The molecule has 4 aliphatic carbocycles. The number of cyclic esters (lactones) is 1. The molecule has 0 unspecified atom stereocenters. The molecule has 7 heteroatoms. The summed E-state index contributed by atoms with van der Waals surface area (Å²) in [6.07, 6.45) is 12.9. The number of carbonyl (C=O) groups is 1. The summed E-state index contributed by atoms with van der Waals surface area (Å²) in [4.78, 5) is 20.9. The van der Waals surface area contributed by atoms with Crippen molar-refractivity contribution >= 4 is 12.2 Å². The number of hydrogen-bond acceptors (Lipinski definition) is 7. The van der Waals surface area contributed by atoms with E-state index < -0.39 is 22.7 Å². The predicted octanol–water partition coefficient (Wildman–Crippen LogP) is 3.37. The first kappa shape index (κ1) is 24.3. The molecule has 2 heterocycles. The number of rotatable bonds is 4. The van der Waals surface area contributed by atoms with Crippen LogP contribution in [0.25, 0.3) is 0 Å². The molecule has 8 atom stereocenters. The maximum Gasteiger partial charge on any atom is 0.331 e. The van der Waals surface area contributed by atoms with Crippen LogP contribution in [0.4, 0.5) is 0 Å². The van der Waals surface area contributed by atoms with Gasteiger partial charge in [0.25, 0.3) is 0 Å². The van der Waals surface area contributed by atoms with Crippen molar-refractivity contribution in [3.8, 4) is 0 Å². The fourth-order valence-corrected chi connectivity index (χ4v) is 9.17. The summed E-state index contributed by atoms with van der Waals surface area (Å²) in [5.41, 5.74) is -0.747. The Morgan fingerprint density at radius 2 is 1.97 bits per heavy atom. The SMILES string of the molecule is C[C@]12CC[C@@H]3[C@@H](CC[C@@]4(O)C[C@@H](O)CC[C@]34C=NCc3cccnc3)[C@@]1(O)CC[C@@H]2C1=CC(=O)OC1. The molecule has 0 amide bonds. The largest absolute Gasteiger partial charge is 0.458 e. The van der Waals surface area contributed by atoms with Crippen LogP contribution in [0.3, 0.4) is 0 Å². The van der Waals surface area contributed by atoms with E-state index >= 15 is 0 Å². The lowest BCUT2D eigenvalue weighted by molar-refractivity contribution is -0.237. The minimum atomic E-state index is -1.03. The highest BCUT2D eigenvalue weighted by Crippen LogP contribution is 2.70. The van der Waals surface area contributed by atoms with Gasteiger partial charge in [-0.05, 0) is 86.3 Å². The third-order valence-corrected chi connectivity index (χ3v) is 11.0. The molecule has 0 saturated heterocycles. The third kappa shape index (κ3) is 3.38. The lowest BCUT2D eigenvalue weighted by Gasteiger charge is -2.65. The van der Waals surface area contributed by atoms with Crippen molar-refractivity contribution in [3.05, 3.63) is 41.7 Å². The minimum absolute atomic E-state index is 0.0419. The molecule has 36 heavy (non-hydrogen) atoms. The lowest BCUT2D eigenvalue weighted by Crippen LogP contribution is -2.68. The molecule has 5 aliphatic rings. The molecule has 1 aromatic rings. The third-order valence-electron chi connectivity index (χ3n) is 11.0. The van der Waals surface area contributed by atoms with Crippen molar-refractivity contribution in [3.63, 3.8) is 0 Å². The Morgan fingerprint density at radius 3 is 2.72 bits per heavy atom. The van der Waals surface area contributed by atoms with Gasteiger partial charge < -0.3 is 20.1 Å². The van der Waals surface area contributed by atoms with E-state index in [-0.39, 0.29) is 29.1 Å². The van der Waals surface area contributed by atoms with Gasteiger partial charge >= 0.3 is 5.97 Å². The van der Waals surface area contributed by atoms with Crippen LogP contribution >= 0.6 is 0 Å². The summed E-state index contributed by atoms with van der Waals surface area (Å²) in [6, 6.07) is 3.90. The van der Waals surface area contributed by atoms with Crippen molar-refractivity contribution in [2.75, 3.05) is 6.61 Å². The summed E-state index contributed by atoms with van der Waals surface area (Å²) in [6.45, 7) is 3.04. The van der Waals surface area contributed by atoms with E-state index in [4.69, 9.17) is 9.73 Å². The second kappa shape index (κ2) is 8.47. The summed E-state index contributed by atoms with van der Waals surface area (Å²) in [5, 5.41) is 35.1. The average Bonchev–Trinajstić information content (AvgIpc) is 3.40. The van der Waals surface area contributed by atoms with E-state index in [1.165, 1.54) is 0 Å². The minimum Gasteiger partial charge on any atom is -0.458 e. The zero-order valence-electron chi connectivity index (χ0n) is 21.1. The van der Waals surface area contributed by atoms with Crippen LogP contribution in [0.2, 0.25) is 0 Å². The van der Waals surface area contributed by atoms with E-state index in [0.717, 1.165) is 36.8 Å². The van der Waals surface area contributed by atoms with Crippen LogP contribution in [0, 0.1) is 28.6 Å². The van der Waals surface area contributed by atoms with Crippen LogP contribution in [0.1, 0.15) is 70.3 Å². The Kier molecular flexibility index (Phi) is 5.71. The normalized spacial score (nSPS) is 46.1. The molecule has 4 fully saturated rings. The Hall–Kier alpha value is -2.09. The van der Waals surface area contributed by atoms with Crippen molar-refractivity contribution < 1.29 is 24.9 Å². The molecule has 6 rings (SSSR count). The Labute approximate surface area is 212 Å². The van der Waals surface area contributed by atoms with Gasteiger partial charge in [-0.25, -0.2) is 4.79 Å². The average molecular weight is 495 g/mol. The monoisotopic (exact) mass is 494 g/mol. The van der Waals surface area contributed by atoms with E-state index in [0.29, 0.717) is 45.3 Å². The highest BCUT2D eigenvalue weighted by atomic mass is 16.5. The number of aliphatic imine (C=N–C) groups is 1. The maximum atomic E-state index is 12.5. The smallest absolute Gasteiger partial charge is 0.331 e. The number of aliphatic hydroxyl groups is 3. The van der Waals surface area contributed by atoms with Gasteiger partial charge in [-0.3, -0.25) is 9.98 Å². The van der Waals surface area contributed by atoms with Gasteiger partial charge in [0, 0.05) is 41.9 Å². The van der Waals surface area contributed by atoms with Crippen molar-refractivity contribution in [2.45, 2.75) is 88.6 Å². The predicted molar refractivity (Wildman–Crippen MR) is 134 cm³/mol. The fourth-order valence-electron chi connectivity index (χ4n) is 9.17. The standard InChI is InChI=1S/C29H38N2O5/c1-26-8-5-23-24(29(26,35)11-7-22(26)20-13-25(33)36-17-20)6-10-28(34)14-21(32)4-9-27(23,28)18-31-16-19-3-2-12-30-15-19/h2-3,12-13,15,18,21-24,32,34-35H,4-11,14,16-17H2,1H3/t21-,22+,23+,24+,26+,27-,28+,29-/m0/s1. The Morgan fingerprint density at radius 1 is 1.14 bits per heavy atom. The molecule has 7 nitrogen and oxygen atoms in total. The summed E-state index contributed by atoms with van der Waals surface area (Å²) >= 11 is 0. The number of aromatic nitrogens is 1. The van der Waals surface area contributed by atoms with Gasteiger partial charge in [0.1, 0.15) is 6.61 Å². The number of aliphatic hydroxyl groups excluding tert-OH is 1.